The van der Waals surface area contributed by atoms with Gasteiger partial charge in [0.15, 0.2) is 5.09 Å². The van der Waals surface area contributed by atoms with Crippen molar-refractivity contribution in [2.24, 2.45) is 16.3 Å². The van der Waals surface area contributed by atoms with Crippen molar-refractivity contribution in [3.63, 3.8) is 0 Å². The Balaban J connectivity index is 1.45. The van der Waals surface area contributed by atoms with Crippen LogP contribution in [0.3, 0.4) is 0 Å². The van der Waals surface area contributed by atoms with E-state index in [0.29, 0.717) is 33.0 Å². The van der Waals surface area contributed by atoms with Gasteiger partial charge in [-0.25, -0.2) is 4.99 Å². The molecule has 0 saturated carbocycles. The van der Waals surface area contributed by atoms with Gasteiger partial charge in [0.2, 0.25) is 0 Å². The number of amides is 1. The number of hydrogen-bond donors (Lipinski definition) is 1. The van der Waals surface area contributed by atoms with Crippen molar-refractivity contribution in [3.05, 3.63) is 91.9 Å². The standard InChI is InChI=1S/C30H28BrClN2O2S2/c1-30(2,3)18-9-14-23-25(15-18)38-28(26(23)27(35)34-20-12-10-19(32)11-13-20)33-17-21-16-24(31)29(36-21)37-22-7-5-4-6-8-22/h4-8,10-13,16-18H,9,14-15H2,1-3H3,(H,34,35)/t18-/m0/s1. The van der Waals surface area contributed by atoms with E-state index < -0.39 is 0 Å². The molecular formula is C30H28BrClN2O2S2. The molecule has 2 aromatic carbocycles. The van der Waals surface area contributed by atoms with Crippen molar-refractivity contribution in [2.75, 3.05) is 5.32 Å². The molecule has 0 saturated heterocycles. The Morgan fingerprint density at radius 2 is 1.92 bits per heavy atom. The molecule has 0 bridgehead atoms. The molecule has 0 aliphatic heterocycles. The number of furan rings is 1. The molecule has 0 spiro atoms. The molecule has 1 atom stereocenters. The number of anilines is 1. The van der Waals surface area contributed by atoms with E-state index in [-0.39, 0.29) is 11.3 Å². The lowest BCUT2D eigenvalue weighted by Crippen LogP contribution is -2.27. The maximum Gasteiger partial charge on any atom is 0.259 e. The number of hydrogen-bond acceptors (Lipinski definition) is 5. The van der Waals surface area contributed by atoms with Crippen LogP contribution in [0, 0.1) is 11.3 Å². The van der Waals surface area contributed by atoms with Gasteiger partial charge in [-0.3, -0.25) is 4.79 Å². The Bertz CT molecular complexity index is 1470. The van der Waals surface area contributed by atoms with Gasteiger partial charge in [0.05, 0.1) is 16.3 Å². The third-order valence-electron chi connectivity index (χ3n) is 6.74. The van der Waals surface area contributed by atoms with Gasteiger partial charge in [-0.1, -0.05) is 62.3 Å². The molecule has 1 amide bonds. The van der Waals surface area contributed by atoms with E-state index in [0.717, 1.165) is 39.3 Å². The average molecular weight is 628 g/mol. The van der Waals surface area contributed by atoms with Crippen molar-refractivity contribution in [2.45, 2.75) is 50.0 Å². The van der Waals surface area contributed by atoms with Crippen LogP contribution in [0.2, 0.25) is 5.02 Å². The fourth-order valence-electron chi connectivity index (χ4n) is 4.58. The summed E-state index contributed by atoms with van der Waals surface area (Å²) in [6, 6.07) is 19.1. The molecule has 0 unspecified atom stereocenters. The highest BCUT2D eigenvalue weighted by Crippen LogP contribution is 2.45. The number of aliphatic imine (C=N–C) groups is 1. The summed E-state index contributed by atoms with van der Waals surface area (Å²) in [6.07, 6.45) is 4.60. The maximum absolute atomic E-state index is 13.6. The second-order valence-electron chi connectivity index (χ2n) is 10.4. The zero-order chi connectivity index (χ0) is 26.9. The molecule has 0 fully saturated rings. The van der Waals surface area contributed by atoms with Crippen LogP contribution in [-0.4, -0.2) is 12.1 Å². The smallest absolute Gasteiger partial charge is 0.259 e. The summed E-state index contributed by atoms with van der Waals surface area (Å²) in [5.74, 6) is 1.04. The lowest BCUT2D eigenvalue weighted by Gasteiger charge is -2.33. The lowest BCUT2D eigenvalue weighted by atomic mass is 9.72. The first-order chi connectivity index (χ1) is 18.2. The molecule has 196 valence electrons. The molecule has 4 aromatic rings. The van der Waals surface area contributed by atoms with Crippen molar-refractivity contribution in [3.8, 4) is 0 Å². The number of carbonyl (C=O) groups is 1. The number of benzene rings is 2. The fourth-order valence-corrected chi connectivity index (χ4v) is 7.33. The molecule has 1 N–H and O–H groups in total. The highest BCUT2D eigenvalue weighted by Gasteiger charge is 2.33. The van der Waals surface area contributed by atoms with E-state index in [1.54, 1.807) is 41.4 Å². The molecule has 0 radical (unpaired) electrons. The Labute approximate surface area is 245 Å². The summed E-state index contributed by atoms with van der Waals surface area (Å²) in [4.78, 5) is 20.7. The first-order valence-corrected chi connectivity index (χ1v) is 15.3. The third-order valence-corrected chi connectivity index (χ3v) is 10.0. The van der Waals surface area contributed by atoms with Crippen molar-refractivity contribution >= 4 is 73.4 Å². The Hall–Kier alpha value is -2.32. The molecule has 5 rings (SSSR count). The van der Waals surface area contributed by atoms with Gasteiger partial charge in [-0.05, 0) is 88.5 Å². The molecular weight excluding hydrogens is 600 g/mol. The summed E-state index contributed by atoms with van der Waals surface area (Å²) < 4.78 is 6.94. The van der Waals surface area contributed by atoms with Gasteiger partial charge in [-0.15, -0.1) is 11.3 Å². The van der Waals surface area contributed by atoms with E-state index in [2.05, 4.69) is 42.0 Å². The van der Waals surface area contributed by atoms with E-state index >= 15 is 0 Å². The maximum atomic E-state index is 13.6. The number of thiophene rings is 1. The summed E-state index contributed by atoms with van der Waals surface area (Å²) >= 11 is 12.8. The van der Waals surface area contributed by atoms with Crippen molar-refractivity contribution in [1.82, 2.24) is 0 Å². The molecule has 8 heteroatoms. The van der Waals surface area contributed by atoms with Crippen LogP contribution in [0.15, 0.2) is 84.5 Å². The molecule has 1 aliphatic rings. The second kappa shape index (κ2) is 11.4. The van der Waals surface area contributed by atoms with Crippen LogP contribution in [-0.2, 0) is 12.8 Å². The minimum absolute atomic E-state index is 0.146. The third kappa shape index (κ3) is 6.28. The van der Waals surface area contributed by atoms with E-state index in [1.165, 1.54) is 4.88 Å². The minimum Gasteiger partial charge on any atom is -0.447 e. The van der Waals surface area contributed by atoms with E-state index in [1.807, 2.05) is 48.5 Å². The Morgan fingerprint density at radius 3 is 2.63 bits per heavy atom. The summed E-state index contributed by atoms with van der Waals surface area (Å²) in [5.41, 5.74) is 2.70. The normalized spacial score (nSPS) is 15.6. The Kier molecular flexibility index (Phi) is 8.19. The number of rotatable bonds is 6. The number of fused-ring (bicyclic) bond motifs is 1. The number of nitrogens with one attached hydrogen (secondary N) is 1. The molecule has 1 aliphatic carbocycles. The monoisotopic (exact) mass is 626 g/mol. The van der Waals surface area contributed by atoms with Gasteiger partial charge in [0.1, 0.15) is 10.8 Å². The predicted octanol–water partition coefficient (Wildman–Crippen LogP) is 10.1. The fraction of sp³-hybridized carbons (Fsp3) is 0.267. The van der Waals surface area contributed by atoms with Gasteiger partial charge in [-0.2, -0.15) is 0 Å². The van der Waals surface area contributed by atoms with Gasteiger partial charge in [0.25, 0.3) is 5.91 Å². The van der Waals surface area contributed by atoms with Gasteiger partial charge < -0.3 is 9.73 Å². The molecule has 38 heavy (non-hydrogen) atoms. The summed E-state index contributed by atoms with van der Waals surface area (Å²) in [5, 5.41) is 5.14. The molecule has 4 nitrogen and oxygen atoms in total. The zero-order valence-corrected chi connectivity index (χ0v) is 25.4. The number of carbonyl (C=O) groups excluding carboxylic acids is 1. The van der Waals surface area contributed by atoms with Gasteiger partial charge >= 0.3 is 0 Å². The van der Waals surface area contributed by atoms with Crippen LogP contribution in [0.4, 0.5) is 10.7 Å². The van der Waals surface area contributed by atoms with Crippen LogP contribution < -0.4 is 5.32 Å². The summed E-state index contributed by atoms with van der Waals surface area (Å²) in [6.45, 7) is 6.88. The van der Waals surface area contributed by atoms with Crippen LogP contribution in [0.5, 0.6) is 0 Å². The highest BCUT2D eigenvalue weighted by atomic mass is 79.9. The predicted molar refractivity (Wildman–Crippen MR) is 163 cm³/mol. The van der Waals surface area contributed by atoms with Crippen LogP contribution in [0.25, 0.3) is 0 Å². The number of nitrogens with zero attached hydrogens (tertiary/aromatic N) is 1. The van der Waals surface area contributed by atoms with E-state index in [9.17, 15) is 4.79 Å². The van der Waals surface area contributed by atoms with Crippen molar-refractivity contribution in [1.29, 1.82) is 0 Å². The largest absolute Gasteiger partial charge is 0.447 e. The molecule has 2 aromatic heterocycles. The van der Waals surface area contributed by atoms with Crippen molar-refractivity contribution < 1.29 is 9.21 Å². The number of halogens is 2. The molecule has 2 heterocycles. The Morgan fingerprint density at radius 1 is 1.18 bits per heavy atom. The average Bonchev–Trinajstić information content (AvgIpc) is 3.43. The second-order valence-corrected chi connectivity index (χ2v) is 13.8. The topological polar surface area (TPSA) is 54.6 Å². The van der Waals surface area contributed by atoms with Crippen LogP contribution >= 0.6 is 50.6 Å². The lowest BCUT2D eigenvalue weighted by molar-refractivity contribution is 0.102. The quantitative estimate of drug-likeness (QED) is 0.216. The first kappa shape index (κ1) is 27.3. The van der Waals surface area contributed by atoms with Crippen LogP contribution in [0.1, 0.15) is 53.8 Å². The zero-order valence-electron chi connectivity index (χ0n) is 21.4. The highest BCUT2D eigenvalue weighted by molar-refractivity contribution is 9.10. The SMILES string of the molecule is CC(C)(C)[C@H]1CCc2c(sc(N=Cc3cc(Br)c(Sc4ccccc4)o3)c2C(=O)Nc2ccc(Cl)cc2)C1. The first-order valence-electron chi connectivity index (χ1n) is 12.4. The minimum atomic E-state index is -0.146. The summed E-state index contributed by atoms with van der Waals surface area (Å²) in [7, 11) is 0. The van der Waals surface area contributed by atoms with Gasteiger partial charge in [0, 0.05) is 26.5 Å². The van der Waals surface area contributed by atoms with E-state index in [4.69, 9.17) is 21.0 Å².